The largest absolute Gasteiger partial charge is 0.378 e. The van der Waals surface area contributed by atoms with E-state index in [1.165, 1.54) is 0 Å². The van der Waals surface area contributed by atoms with Crippen molar-refractivity contribution in [2.75, 3.05) is 38.0 Å². The zero-order valence-corrected chi connectivity index (χ0v) is 15.7. The Morgan fingerprint density at radius 2 is 1.08 bits per heavy atom. The predicted molar refractivity (Wildman–Crippen MR) is 107 cm³/mol. The van der Waals surface area contributed by atoms with Crippen LogP contribution >= 0.6 is 23.2 Å². The summed E-state index contributed by atoms with van der Waals surface area (Å²) < 4.78 is 0. The zero-order chi connectivity index (χ0) is 17.7. The molecule has 0 unspecified atom stereocenters. The number of nitrogens with zero attached hydrogens (tertiary/aromatic N) is 4. The van der Waals surface area contributed by atoms with Crippen LogP contribution in [-0.2, 0) is 0 Å². The van der Waals surface area contributed by atoms with Crippen molar-refractivity contribution in [1.29, 1.82) is 0 Å². The van der Waals surface area contributed by atoms with Gasteiger partial charge in [0.15, 0.2) is 0 Å². The highest BCUT2D eigenvalue weighted by Gasteiger charge is 2.02. The monoisotopic (exact) mass is 362 g/mol. The van der Waals surface area contributed by atoms with Crippen molar-refractivity contribution in [3.8, 4) is 0 Å². The minimum absolute atomic E-state index is 0.633. The number of rotatable bonds is 5. The molecule has 0 amide bonds. The molecule has 0 saturated carbocycles. The molecule has 0 fully saturated rings. The molecule has 2 aromatic carbocycles. The highest BCUT2D eigenvalue weighted by molar-refractivity contribution is 6.33. The molecule has 0 heterocycles. The lowest BCUT2D eigenvalue weighted by Gasteiger charge is -2.13. The SMILES string of the molecule is CN(C)c1ccc(/C=N\N=C/c2ccc(N(C)C)cc2Cl)c(Cl)c1. The molecule has 0 saturated heterocycles. The maximum Gasteiger partial charge on any atom is 0.0583 e. The van der Waals surface area contributed by atoms with Gasteiger partial charge in [0.05, 0.1) is 22.5 Å². The average molecular weight is 363 g/mol. The first-order valence-electron chi connectivity index (χ1n) is 7.38. The summed E-state index contributed by atoms with van der Waals surface area (Å²) in [6, 6.07) is 11.6. The van der Waals surface area contributed by atoms with Crippen LogP contribution in [0.3, 0.4) is 0 Å². The molecule has 0 aliphatic heterocycles. The van der Waals surface area contributed by atoms with E-state index < -0.39 is 0 Å². The van der Waals surface area contributed by atoms with Crippen LogP contribution in [0.5, 0.6) is 0 Å². The van der Waals surface area contributed by atoms with Gasteiger partial charge in [-0.1, -0.05) is 23.2 Å². The smallest absolute Gasteiger partial charge is 0.0583 e. The van der Waals surface area contributed by atoms with Gasteiger partial charge in [0, 0.05) is 50.7 Å². The van der Waals surface area contributed by atoms with E-state index in [1.807, 2.05) is 74.4 Å². The van der Waals surface area contributed by atoms with E-state index in [2.05, 4.69) is 10.2 Å². The number of anilines is 2. The minimum atomic E-state index is 0.633. The van der Waals surface area contributed by atoms with Gasteiger partial charge in [-0.25, -0.2) is 0 Å². The second-order valence-electron chi connectivity index (χ2n) is 5.69. The number of hydrogen-bond acceptors (Lipinski definition) is 4. The van der Waals surface area contributed by atoms with Crippen molar-refractivity contribution >= 4 is 47.0 Å². The molecule has 2 rings (SSSR count). The first kappa shape index (κ1) is 18.3. The van der Waals surface area contributed by atoms with Gasteiger partial charge < -0.3 is 9.80 Å². The van der Waals surface area contributed by atoms with Crippen molar-refractivity contribution in [1.82, 2.24) is 0 Å². The summed E-state index contributed by atoms with van der Waals surface area (Å²) in [5, 5.41) is 9.36. The van der Waals surface area contributed by atoms with Gasteiger partial charge in [-0.15, -0.1) is 0 Å². The zero-order valence-electron chi connectivity index (χ0n) is 14.2. The van der Waals surface area contributed by atoms with Crippen LogP contribution in [0.25, 0.3) is 0 Å². The van der Waals surface area contributed by atoms with Crippen LogP contribution in [-0.4, -0.2) is 40.6 Å². The van der Waals surface area contributed by atoms with Gasteiger partial charge in [-0.2, -0.15) is 10.2 Å². The Balaban J connectivity index is 2.10. The molecule has 0 spiro atoms. The lowest BCUT2D eigenvalue weighted by Crippen LogP contribution is -2.08. The minimum Gasteiger partial charge on any atom is -0.378 e. The molecule has 0 bridgehead atoms. The van der Waals surface area contributed by atoms with E-state index in [1.54, 1.807) is 12.4 Å². The highest BCUT2D eigenvalue weighted by atomic mass is 35.5. The van der Waals surface area contributed by atoms with Crippen LogP contribution in [0.1, 0.15) is 11.1 Å². The summed E-state index contributed by atoms with van der Waals surface area (Å²) in [5.74, 6) is 0. The number of halogens is 2. The molecule has 0 aliphatic rings. The highest BCUT2D eigenvalue weighted by Crippen LogP contribution is 2.22. The third-order valence-corrected chi connectivity index (χ3v) is 4.12. The van der Waals surface area contributed by atoms with Gasteiger partial charge in [0.2, 0.25) is 0 Å². The Hall–Kier alpha value is -2.04. The van der Waals surface area contributed by atoms with Crippen molar-refractivity contribution in [2.45, 2.75) is 0 Å². The van der Waals surface area contributed by atoms with Crippen LogP contribution in [0, 0.1) is 0 Å². The summed E-state index contributed by atoms with van der Waals surface area (Å²) in [6.07, 6.45) is 3.25. The first-order chi connectivity index (χ1) is 11.4. The van der Waals surface area contributed by atoms with E-state index in [0.29, 0.717) is 10.0 Å². The van der Waals surface area contributed by atoms with E-state index in [9.17, 15) is 0 Å². The lowest BCUT2D eigenvalue weighted by atomic mass is 10.2. The van der Waals surface area contributed by atoms with Crippen molar-refractivity contribution < 1.29 is 0 Å². The molecule has 0 aromatic heterocycles. The molecular formula is C18H20Cl2N4. The third kappa shape index (κ3) is 4.73. The molecule has 2 aromatic rings. The maximum atomic E-state index is 6.25. The Labute approximate surface area is 153 Å². The molecular weight excluding hydrogens is 343 g/mol. The number of benzene rings is 2. The van der Waals surface area contributed by atoms with Gasteiger partial charge in [0.25, 0.3) is 0 Å². The summed E-state index contributed by atoms with van der Waals surface area (Å²) in [5.41, 5.74) is 3.70. The molecule has 6 heteroatoms. The molecule has 0 N–H and O–H groups in total. The number of hydrogen-bond donors (Lipinski definition) is 0. The Bertz CT molecular complexity index is 702. The topological polar surface area (TPSA) is 31.2 Å². The standard InChI is InChI=1S/C18H20Cl2N4/c1-23(2)15-7-5-13(17(19)9-15)11-21-22-12-14-6-8-16(24(3)4)10-18(14)20/h5-12H,1-4H3/b21-11-,22-12-. The van der Waals surface area contributed by atoms with E-state index in [-0.39, 0.29) is 0 Å². The molecule has 0 atom stereocenters. The van der Waals surface area contributed by atoms with Gasteiger partial charge in [-0.3, -0.25) is 0 Å². The second kappa shape index (κ2) is 8.18. The van der Waals surface area contributed by atoms with Crippen molar-refractivity contribution in [3.05, 3.63) is 57.6 Å². The lowest BCUT2D eigenvalue weighted by molar-refractivity contribution is 1.13. The average Bonchev–Trinajstić information content (AvgIpc) is 2.53. The predicted octanol–water partition coefficient (Wildman–Crippen LogP) is 4.58. The van der Waals surface area contributed by atoms with Crippen LogP contribution < -0.4 is 9.80 Å². The molecule has 0 radical (unpaired) electrons. The van der Waals surface area contributed by atoms with Crippen LogP contribution in [0.4, 0.5) is 11.4 Å². The quantitative estimate of drug-likeness (QED) is 0.575. The summed E-state index contributed by atoms with van der Waals surface area (Å²) >= 11 is 12.5. The van der Waals surface area contributed by atoms with E-state index in [0.717, 1.165) is 22.5 Å². The van der Waals surface area contributed by atoms with E-state index >= 15 is 0 Å². The Morgan fingerprint density at radius 1 is 0.708 bits per heavy atom. The second-order valence-corrected chi connectivity index (χ2v) is 6.50. The Morgan fingerprint density at radius 3 is 1.38 bits per heavy atom. The van der Waals surface area contributed by atoms with Gasteiger partial charge in [0.1, 0.15) is 0 Å². The summed E-state index contributed by atoms with van der Waals surface area (Å²) in [7, 11) is 7.87. The molecule has 24 heavy (non-hydrogen) atoms. The third-order valence-electron chi connectivity index (χ3n) is 3.46. The molecule has 0 aliphatic carbocycles. The fraction of sp³-hybridized carbons (Fsp3) is 0.222. The molecule has 4 nitrogen and oxygen atoms in total. The summed E-state index contributed by atoms with van der Waals surface area (Å²) in [4.78, 5) is 3.98. The maximum absolute atomic E-state index is 6.25. The fourth-order valence-electron chi connectivity index (χ4n) is 1.99. The first-order valence-corrected chi connectivity index (χ1v) is 8.14. The Kier molecular flexibility index (Phi) is 6.23. The van der Waals surface area contributed by atoms with E-state index in [4.69, 9.17) is 23.2 Å². The van der Waals surface area contributed by atoms with Crippen molar-refractivity contribution in [2.24, 2.45) is 10.2 Å². The normalized spacial score (nSPS) is 11.4. The van der Waals surface area contributed by atoms with Crippen LogP contribution in [0.2, 0.25) is 10.0 Å². The van der Waals surface area contributed by atoms with Gasteiger partial charge in [-0.05, 0) is 36.4 Å². The van der Waals surface area contributed by atoms with Crippen molar-refractivity contribution in [3.63, 3.8) is 0 Å². The van der Waals surface area contributed by atoms with Crippen LogP contribution in [0.15, 0.2) is 46.6 Å². The fourth-order valence-corrected chi connectivity index (χ4v) is 2.44. The molecule has 126 valence electrons. The summed E-state index contributed by atoms with van der Waals surface area (Å²) in [6.45, 7) is 0. The van der Waals surface area contributed by atoms with Gasteiger partial charge >= 0.3 is 0 Å².